The number of rotatable bonds is 4. The fourth-order valence-corrected chi connectivity index (χ4v) is 4.45. The number of aromatic nitrogens is 1. The Labute approximate surface area is 151 Å². The van der Waals surface area contributed by atoms with Crippen LogP contribution in [0.1, 0.15) is 48.5 Å². The molecule has 1 saturated heterocycles. The van der Waals surface area contributed by atoms with Gasteiger partial charge in [-0.1, -0.05) is 25.2 Å². The minimum atomic E-state index is -0.259. The van der Waals surface area contributed by atoms with E-state index in [0.717, 1.165) is 12.1 Å². The van der Waals surface area contributed by atoms with Gasteiger partial charge in [0.05, 0.1) is 17.1 Å². The first-order valence-electron chi connectivity index (χ1n) is 8.58. The van der Waals surface area contributed by atoms with E-state index in [1.165, 1.54) is 11.3 Å². The molecule has 0 bridgehead atoms. The van der Waals surface area contributed by atoms with Gasteiger partial charge in [0.15, 0.2) is 10.9 Å². The molecule has 8 heteroatoms. The van der Waals surface area contributed by atoms with E-state index in [9.17, 15) is 14.4 Å². The van der Waals surface area contributed by atoms with Gasteiger partial charge in [-0.3, -0.25) is 19.3 Å². The first-order chi connectivity index (χ1) is 11.7. The van der Waals surface area contributed by atoms with Gasteiger partial charge >= 0.3 is 0 Å². The number of nitrogens with two attached hydrogens (primary N) is 1. The van der Waals surface area contributed by atoms with Crippen molar-refractivity contribution in [3.8, 4) is 0 Å². The van der Waals surface area contributed by atoms with Gasteiger partial charge in [0, 0.05) is 12.3 Å². The number of piperidine rings is 1. The Hall–Kier alpha value is -1.80. The molecular formula is C17H24N4O3S. The lowest BCUT2D eigenvalue weighted by Gasteiger charge is -2.29. The number of carbonyl (C=O) groups excluding carboxylic acids is 3. The summed E-state index contributed by atoms with van der Waals surface area (Å²) < 4.78 is 0. The molecule has 0 radical (unpaired) electrons. The molecule has 0 unspecified atom stereocenters. The third kappa shape index (κ3) is 4.24. The Morgan fingerprint density at radius 1 is 1.32 bits per heavy atom. The molecule has 2 amide bonds. The van der Waals surface area contributed by atoms with Crippen molar-refractivity contribution in [2.45, 2.75) is 39.5 Å². The summed E-state index contributed by atoms with van der Waals surface area (Å²) in [5.74, 6) is -0.377. The average Bonchev–Trinajstić information content (AvgIpc) is 2.88. The summed E-state index contributed by atoms with van der Waals surface area (Å²) in [6.45, 7) is 5.74. The molecule has 2 heterocycles. The van der Waals surface area contributed by atoms with Crippen LogP contribution >= 0.6 is 11.3 Å². The van der Waals surface area contributed by atoms with E-state index in [4.69, 9.17) is 5.73 Å². The van der Waals surface area contributed by atoms with Gasteiger partial charge < -0.3 is 11.1 Å². The number of ketones is 1. The van der Waals surface area contributed by atoms with Crippen LogP contribution in [-0.4, -0.2) is 47.1 Å². The van der Waals surface area contributed by atoms with Gasteiger partial charge in [-0.25, -0.2) is 4.98 Å². The number of hydrogen-bond acceptors (Lipinski definition) is 6. The molecule has 25 heavy (non-hydrogen) atoms. The average molecular weight is 364 g/mol. The van der Waals surface area contributed by atoms with E-state index >= 15 is 0 Å². The highest BCUT2D eigenvalue weighted by atomic mass is 32.1. The maximum absolute atomic E-state index is 12.3. The van der Waals surface area contributed by atoms with Crippen LogP contribution < -0.4 is 11.1 Å². The highest BCUT2D eigenvalue weighted by molar-refractivity contribution is 7.17. The lowest BCUT2D eigenvalue weighted by molar-refractivity contribution is -0.123. The monoisotopic (exact) mass is 364 g/mol. The highest BCUT2D eigenvalue weighted by Crippen LogP contribution is 2.38. The van der Waals surface area contributed by atoms with Crippen LogP contribution in [0.3, 0.4) is 0 Å². The second-order valence-corrected chi connectivity index (χ2v) is 8.74. The van der Waals surface area contributed by atoms with Gasteiger partial charge in [0.25, 0.3) is 0 Å². The molecular weight excluding hydrogens is 340 g/mol. The maximum Gasteiger partial charge on any atom is 0.240 e. The van der Waals surface area contributed by atoms with Crippen LogP contribution in [0, 0.1) is 11.3 Å². The fraction of sp³-hybridized carbons (Fsp3) is 0.647. The number of nitrogens with zero attached hydrogens (tertiary/aromatic N) is 2. The number of carbonyl (C=O) groups is 3. The summed E-state index contributed by atoms with van der Waals surface area (Å²) in [4.78, 5) is 42.8. The summed E-state index contributed by atoms with van der Waals surface area (Å²) in [7, 11) is 0. The van der Waals surface area contributed by atoms with Gasteiger partial charge in [0.2, 0.25) is 11.8 Å². The quantitative estimate of drug-likeness (QED) is 0.841. The van der Waals surface area contributed by atoms with Crippen molar-refractivity contribution >= 4 is 34.1 Å². The lowest BCUT2D eigenvalue weighted by atomic mass is 9.78. The number of primary amides is 1. The molecule has 0 atom stereocenters. The number of thiazole rings is 1. The van der Waals surface area contributed by atoms with Crippen LogP contribution in [0.25, 0.3) is 0 Å². The van der Waals surface area contributed by atoms with Crippen molar-refractivity contribution in [3.05, 3.63) is 10.6 Å². The zero-order valence-electron chi connectivity index (χ0n) is 14.6. The van der Waals surface area contributed by atoms with Crippen LogP contribution in [0.5, 0.6) is 0 Å². The summed E-state index contributed by atoms with van der Waals surface area (Å²) in [5.41, 5.74) is 6.04. The number of fused-ring (bicyclic) bond motifs is 1. The maximum atomic E-state index is 12.3. The summed E-state index contributed by atoms with van der Waals surface area (Å²) >= 11 is 1.27. The Kier molecular flexibility index (Phi) is 4.92. The molecule has 0 saturated carbocycles. The lowest BCUT2D eigenvalue weighted by Crippen LogP contribution is -2.42. The minimum absolute atomic E-state index is 0.0792. The molecule has 1 aromatic rings. The molecule has 7 nitrogen and oxygen atoms in total. The highest BCUT2D eigenvalue weighted by Gasteiger charge is 2.34. The van der Waals surface area contributed by atoms with E-state index in [1.807, 2.05) is 4.90 Å². The predicted octanol–water partition coefficient (Wildman–Crippen LogP) is 1.43. The van der Waals surface area contributed by atoms with Gasteiger partial charge in [-0.2, -0.15) is 0 Å². The molecule has 1 fully saturated rings. The zero-order valence-corrected chi connectivity index (χ0v) is 15.4. The van der Waals surface area contributed by atoms with Crippen molar-refractivity contribution < 1.29 is 14.4 Å². The predicted molar refractivity (Wildman–Crippen MR) is 95.5 cm³/mol. The smallest absolute Gasteiger partial charge is 0.240 e. The van der Waals surface area contributed by atoms with Crippen LogP contribution in [-0.2, 0) is 16.0 Å². The third-order valence-electron chi connectivity index (χ3n) is 4.84. The molecule has 1 aliphatic heterocycles. The number of amides is 2. The normalized spacial score (nSPS) is 21.0. The first-order valence-corrected chi connectivity index (χ1v) is 9.39. The molecule has 136 valence electrons. The van der Waals surface area contributed by atoms with E-state index in [-0.39, 0.29) is 35.5 Å². The Balaban J connectivity index is 1.56. The van der Waals surface area contributed by atoms with E-state index < -0.39 is 0 Å². The van der Waals surface area contributed by atoms with Crippen LogP contribution in [0.4, 0.5) is 5.13 Å². The second kappa shape index (κ2) is 6.84. The van der Waals surface area contributed by atoms with Crippen LogP contribution in [0.2, 0.25) is 0 Å². The standard InChI is InChI=1S/C17H24N4O3S/c1-17(2)7-11-14(12(22)8-17)25-16(19-11)20-13(23)9-21-5-3-10(4-6-21)15(18)24/h10H,3-9H2,1-2H3,(H2,18,24)(H,19,20,23). The minimum Gasteiger partial charge on any atom is -0.369 e. The summed E-state index contributed by atoms with van der Waals surface area (Å²) in [6, 6.07) is 0. The van der Waals surface area contributed by atoms with Crippen molar-refractivity contribution in [1.29, 1.82) is 0 Å². The largest absolute Gasteiger partial charge is 0.369 e. The van der Waals surface area contributed by atoms with Crippen molar-refractivity contribution in [2.75, 3.05) is 25.0 Å². The molecule has 0 aromatic carbocycles. The zero-order chi connectivity index (χ0) is 18.2. The van der Waals surface area contributed by atoms with Gasteiger partial charge in [-0.15, -0.1) is 0 Å². The topological polar surface area (TPSA) is 105 Å². The Morgan fingerprint density at radius 2 is 2.00 bits per heavy atom. The molecule has 2 aliphatic rings. The number of Topliss-reactive ketones (excluding diaryl/α,β-unsaturated/α-hetero) is 1. The fourth-order valence-electron chi connectivity index (χ4n) is 3.51. The van der Waals surface area contributed by atoms with Crippen LogP contribution in [0.15, 0.2) is 0 Å². The van der Waals surface area contributed by atoms with E-state index in [1.54, 1.807) is 0 Å². The molecule has 3 rings (SSSR count). The molecule has 1 aliphatic carbocycles. The van der Waals surface area contributed by atoms with E-state index in [0.29, 0.717) is 42.4 Å². The summed E-state index contributed by atoms with van der Waals surface area (Å²) in [5, 5.41) is 3.30. The van der Waals surface area contributed by atoms with Gasteiger partial charge in [0.1, 0.15) is 0 Å². The number of anilines is 1. The number of likely N-dealkylation sites (tertiary alicyclic amines) is 1. The van der Waals surface area contributed by atoms with E-state index in [2.05, 4.69) is 24.1 Å². The molecule has 3 N–H and O–H groups in total. The van der Waals surface area contributed by atoms with Crippen molar-refractivity contribution in [1.82, 2.24) is 9.88 Å². The molecule has 1 aromatic heterocycles. The van der Waals surface area contributed by atoms with Crippen molar-refractivity contribution in [2.24, 2.45) is 17.1 Å². The SMILES string of the molecule is CC1(C)CC(=O)c2sc(NC(=O)CN3CCC(C(N)=O)CC3)nc2C1. The van der Waals surface area contributed by atoms with Crippen molar-refractivity contribution in [3.63, 3.8) is 0 Å². The van der Waals surface area contributed by atoms with Gasteiger partial charge in [-0.05, 0) is 37.8 Å². The Bertz CT molecular complexity index is 705. The number of nitrogens with one attached hydrogen (secondary N) is 1. The first kappa shape index (κ1) is 18.0. The summed E-state index contributed by atoms with van der Waals surface area (Å²) in [6.07, 6.45) is 2.65. The Morgan fingerprint density at radius 3 is 2.64 bits per heavy atom. The molecule has 0 spiro atoms. The number of hydrogen-bond donors (Lipinski definition) is 2. The third-order valence-corrected chi connectivity index (χ3v) is 5.89. The second-order valence-electron chi connectivity index (χ2n) is 7.74.